The highest BCUT2D eigenvalue weighted by molar-refractivity contribution is 4.76. The summed E-state index contributed by atoms with van der Waals surface area (Å²) >= 11 is 0. The predicted molar refractivity (Wildman–Crippen MR) is 76.3 cm³/mol. The van der Waals surface area contributed by atoms with Crippen molar-refractivity contribution in [3.8, 4) is 0 Å². The number of nitrogens with zero attached hydrogens (tertiary/aromatic N) is 2. The Hall–Kier alpha value is -0.240. The minimum Gasteiger partial charge on any atom is -0.395 e. The Morgan fingerprint density at radius 2 is 1.50 bits per heavy atom. The van der Waals surface area contributed by atoms with Crippen LogP contribution in [0.25, 0.3) is 0 Å². The van der Waals surface area contributed by atoms with Crippen molar-refractivity contribution in [2.24, 2.45) is 17.2 Å². The first-order valence-corrected chi connectivity index (χ1v) is 6.90. The van der Waals surface area contributed by atoms with Gasteiger partial charge in [-0.3, -0.25) is 9.80 Å². The van der Waals surface area contributed by atoms with E-state index in [4.69, 9.17) is 22.3 Å². The van der Waals surface area contributed by atoms with E-state index in [0.717, 1.165) is 32.6 Å². The molecule has 0 bridgehead atoms. The molecule has 0 aliphatic heterocycles. The van der Waals surface area contributed by atoms with Crippen LogP contribution >= 0.6 is 0 Å². The molecule has 1 unspecified atom stereocenters. The van der Waals surface area contributed by atoms with Gasteiger partial charge in [-0.15, -0.1) is 0 Å². The standard InChI is InChI=1S/C12H31N5O/c1-2-12(17(7-4-14)8-5-15)11-16(6-3-13)9-10-18/h12,18H,2-11,13-15H2,1H3. The van der Waals surface area contributed by atoms with Crippen molar-refractivity contribution >= 4 is 0 Å². The Labute approximate surface area is 111 Å². The molecule has 0 aromatic carbocycles. The van der Waals surface area contributed by atoms with Gasteiger partial charge < -0.3 is 22.3 Å². The van der Waals surface area contributed by atoms with E-state index in [1.165, 1.54) is 0 Å². The van der Waals surface area contributed by atoms with Gasteiger partial charge in [0.05, 0.1) is 6.61 Å². The number of aliphatic hydroxyl groups is 1. The van der Waals surface area contributed by atoms with Crippen molar-refractivity contribution in [2.75, 3.05) is 59.0 Å². The minimum atomic E-state index is 0.171. The summed E-state index contributed by atoms with van der Waals surface area (Å²) in [6.07, 6.45) is 1.05. The Kier molecular flexibility index (Phi) is 11.7. The van der Waals surface area contributed by atoms with E-state index in [1.807, 2.05) is 0 Å². The van der Waals surface area contributed by atoms with Gasteiger partial charge >= 0.3 is 0 Å². The molecule has 0 heterocycles. The molecule has 0 rings (SSSR count). The van der Waals surface area contributed by atoms with Crippen LogP contribution in [-0.2, 0) is 0 Å². The van der Waals surface area contributed by atoms with Gasteiger partial charge in [-0.05, 0) is 6.42 Å². The van der Waals surface area contributed by atoms with Crippen molar-refractivity contribution in [3.05, 3.63) is 0 Å². The minimum absolute atomic E-state index is 0.171. The molecule has 6 nitrogen and oxygen atoms in total. The Morgan fingerprint density at radius 3 is 1.89 bits per heavy atom. The van der Waals surface area contributed by atoms with Gasteiger partial charge in [0.15, 0.2) is 0 Å². The maximum absolute atomic E-state index is 9.06. The van der Waals surface area contributed by atoms with Crippen molar-refractivity contribution < 1.29 is 5.11 Å². The van der Waals surface area contributed by atoms with E-state index in [0.29, 0.717) is 32.2 Å². The van der Waals surface area contributed by atoms with Gasteiger partial charge in [0.25, 0.3) is 0 Å². The Balaban J connectivity index is 4.39. The van der Waals surface area contributed by atoms with Crippen molar-refractivity contribution in [1.82, 2.24) is 9.80 Å². The third kappa shape index (κ3) is 7.25. The SMILES string of the molecule is CCC(CN(CCN)CCO)N(CCN)CCN. The highest BCUT2D eigenvalue weighted by Crippen LogP contribution is 2.06. The third-order valence-corrected chi connectivity index (χ3v) is 3.15. The summed E-state index contributed by atoms with van der Waals surface area (Å²) in [4.78, 5) is 4.54. The van der Waals surface area contributed by atoms with Gasteiger partial charge in [0, 0.05) is 58.4 Å². The molecule has 0 spiro atoms. The van der Waals surface area contributed by atoms with Crippen molar-refractivity contribution in [1.29, 1.82) is 0 Å². The number of nitrogens with two attached hydrogens (primary N) is 3. The van der Waals surface area contributed by atoms with Crippen LogP contribution in [0.1, 0.15) is 13.3 Å². The maximum atomic E-state index is 9.06. The highest BCUT2D eigenvalue weighted by atomic mass is 16.3. The van der Waals surface area contributed by atoms with E-state index in [2.05, 4.69) is 16.7 Å². The van der Waals surface area contributed by atoms with Gasteiger partial charge in [-0.25, -0.2) is 0 Å². The largest absolute Gasteiger partial charge is 0.395 e. The molecule has 0 fully saturated rings. The Bertz CT molecular complexity index is 170. The van der Waals surface area contributed by atoms with E-state index in [1.54, 1.807) is 0 Å². The van der Waals surface area contributed by atoms with Gasteiger partial charge in [0.1, 0.15) is 0 Å². The molecule has 0 saturated heterocycles. The average molecular weight is 261 g/mol. The first-order valence-electron chi connectivity index (χ1n) is 6.90. The fourth-order valence-corrected chi connectivity index (χ4v) is 2.23. The van der Waals surface area contributed by atoms with Crippen LogP contribution in [0.5, 0.6) is 0 Å². The van der Waals surface area contributed by atoms with Crippen LogP contribution in [0.4, 0.5) is 0 Å². The van der Waals surface area contributed by atoms with E-state index < -0.39 is 0 Å². The summed E-state index contributed by atoms with van der Waals surface area (Å²) in [5.74, 6) is 0. The molecule has 6 heteroatoms. The van der Waals surface area contributed by atoms with Crippen molar-refractivity contribution in [3.63, 3.8) is 0 Å². The van der Waals surface area contributed by atoms with E-state index in [9.17, 15) is 0 Å². The van der Waals surface area contributed by atoms with E-state index >= 15 is 0 Å². The van der Waals surface area contributed by atoms with Gasteiger partial charge in [0.2, 0.25) is 0 Å². The molecule has 0 aliphatic rings. The summed E-state index contributed by atoms with van der Waals surface area (Å²) < 4.78 is 0. The molecular formula is C12H31N5O. The second kappa shape index (κ2) is 11.8. The topological polar surface area (TPSA) is 105 Å². The first-order chi connectivity index (χ1) is 8.73. The molecule has 7 N–H and O–H groups in total. The lowest BCUT2D eigenvalue weighted by Gasteiger charge is -2.34. The molecule has 1 atom stereocenters. The highest BCUT2D eigenvalue weighted by Gasteiger charge is 2.18. The quantitative estimate of drug-likeness (QED) is 0.332. The molecular weight excluding hydrogens is 230 g/mol. The average Bonchev–Trinajstić information content (AvgIpc) is 2.36. The van der Waals surface area contributed by atoms with Crippen molar-refractivity contribution in [2.45, 2.75) is 19.4 Å². The lowest BCUT2D eigenvalue weighted by molar-refractivity contribution is 0.125. The molecule has 0 amide bonds. The van der Waals surface area contributed by atoms with Crippen LogP contribution in [-0.4, -0.2) is 79.9 Å². The van der Waals surface area contributed by atoms with Crippen LogP contribution < -0.4 is 17.2 Å². The summed E-state index contributed by atoms with van der Waals surface area (Å²) in [5.41, 5.74) is 16.9. The predicted octanol–water partition coefficient (Wildman–Crippen LogP) is -1.76. The zero-order valence-electron chi connectivity index (χ0n) is 11.7. The molecule has 110 valence electrons. The molecule has 0 radical (unpaired) electrons. The maximum Gasteiger partial charge on any atom is 0.0558 e. The van der Waals surface area contributed by atoms with Gasteiger partial charge in [-0.1, -0.05) is 6.92 Å². The monoisotopic (exact) mass is 261 g/mol. The van der Waals surface area contributed by atoms with Crippen LogP contribution in [0.2, 0.25) is 0 Å². The zero-order chi connectivity index (χ0) is 13.8. The number of rotatable bonds is 12. The lowest BCUT2D eigenvalue weighted by Crippen LogP contribution is -2.48. The van der Waals surface area contributed by atoms with E-state index in [-0.39, 0.29) is 6.61 Å². The number of aliphatic hydroxyl groups excluding tert-OH is 1. The second-order valence-electron chi connectivity index (χ2n) is 4.49. The third-order valence-electron chi connectivity index (χ3n) is 3.15. The van der Waals surface area contributed by atoms with Crippen LogP contribution in [0.3, 0.4) is 0 Å². The fourth-order valence-electron chi connectivity index (χ4n) is 2.23. The van der Waals surface area contributed by atoms with Crippen LogP contribution in [0, 0.1) is 0 Å². The lowest BCUT2D eigenvalue weighted by atomic mass is 10.1. The van der Waals surface area contributed by atoms with Crippen LogP contribution in [0.15, 0.2) is 0 Å². The smallest absolute Gasteiger partial charge is 0.0558 e. The molecule has 0 aromatic rings. The number of hydrogen-bond acceptors (Lipinski definition) is 6. The zero-order valence-corrected chi connectivity index (χ0v) is 11.7. The fraction of sp³-hybridized carbons (Fsp3) is 1.00. The molecule has 0 saturated carbocycles. The number of hydrogen-bond donors (Lipinski definition) is 4. The second-order valence-corrected chi connectivity index (χ2v) is 4.49. The summed E-state index contributed by atoms with van der Waals surface area (Å²) in [5, 5.41) is 9.06. The summed E-state index contributed by atoms with van der Waals surface area (Å²) in [6.45, 7) is 8.38. The first kappa shape index (κ1) is 17.8. The summed E-state index contributed by atoms with van der Waals surface area (Å²) in [7, 11) is 0. The molecule has 18 heavy (non-hydrogen) atoms. The Morgan fingerprint density at radius 1 is 0.944 bits per heavy atom. The molecule has 0 aromatic heterocycles. The molecule has 0 aliphatic carbocycles. The normalized spacial score (nSPS) is 13.5. The summed E-state index contributed by atoms with van der Waals surface area (Å²) in [6, 6.07) is 0.426. The van der Waals surface area contributed by atoms with Gasteiger partial charge in [-0.2, -0.15) is 0 Å².